The largest absolute Gasteiger partial charge is 0.462 e. The maximum absolute atomic E-state index is 12.2. The lowest BCUT2D eigenvalue weighted by Crippen LogP contribution is -2.25. The summed E-state index contributed by atoms with van der Waals surface area (Å²) in [4.78, 5) is 19.3. The molecule has 0 fully saturated rings. The van der Waals surface area contributed by atoms with Crippen molar-refractivity contribution in [3.05, 3.63) is 17.5 Å². The molecule has 0 bridgehead atoms. The van der Waals surface area contributed by atoms with E-state index in [9.17, 15) is 18.0 Å². The van der Waals surface area contributed by atoms with Crippen LogP contribution in [0.2, 0.25) is 0 Å². The molecule has 5 nitrogen and oxygen atoms in total. The predicted octanol–water partition coefficient (Wildman–Crippen LogP) is 2.71. The van der Waals surface area contributed by atoms with Gasteiger partial charge < -0.3 is 10.1 Å². The molecule has 1 aromatic heterocycles. The molecule has 8 heteroatoms. The molecule has 0 amide bonds. The molecule has 0 spiro atoms. The second kappa shape index (κ2) is 6.53. The number of anilines is 1. The van der Waals surface area contributed by atoms with Gasteiger partial charge in [0, 0.05) is 12.2 Å². The van der Waals surface area contributed by atoms with Crippen LogP contribution in [0.4, 0.5) is 19.1 Å². The minimum Gasteiger partial charge on any atom is -0.462 e. The monoisotopic (exact) mass is 291 g/mol. The molecule has 1 unspecified atom stereocenters. The summed E-state index contributed by atoms with van der Waals surface area (Å²) in [5.74, 6) is -0.507. The summed E-state index contributed by atoms with van der Waals surface area (Å²) < 4.78 is 41.4. The van der Waals surface area contributed by atoms with Gasteiger partial charge in [-0.05, 0) is 20.8 Å². The van der Waals surface area contributed by atoms with Gasteiger partial charge in [0.1, 0.15) is 0 Å². The van der Waals surface area contributed by atoms with Gasteiger partial charge in [0.2, 0.25) is 5.95 Å². The number of rotatable bonds is 5. The Labute approximate surface area is 114 Å². The number of carbonyl (C=O) groups is 1. The van der Waals surface area contributed by atoms with Crippen molar-refractivity contribution in [1.29, 1.82) is 0 Å². The summed E-state index contributed by atoms with van der Waals surface area (Å²) in [6.45, 7) is 4.84. The molecule has 20 heavy (non-hydrogen) atoms. The number of aromatic nitrogens is 2. The van der Waals surface area contributed by atoms with Crippen molar-refractivity contribution < 1.29 is 22.7 Å². The molecule has 0 aliphatic carbocycles. The fraction of sp³-hybridized carbons (Fsp3) is 0.583. The van der Waals surface area contributed by atoms with Gasteiger partial charge in [0.15, 0.2) is 0 Å². The van der Waals surface area contributed by atoms with Gasteiger partial charge in [0.25, 0.3) is 0 Å². The number of hydrogen-bond donors (Lipinski definition) is 1. The lowest BCUT2D eigenvalue weighted by atomic mass is 10.2. The summed E-state index contributed by atoms with van der Waals surface area (Å²) in [6, 6.07) is -0.858. The molecule has 0 aliphatic rings. The standard InChI is InChI=1S/C12H16F3N3O2/c1-4-20-10(19)9-6-16-11(18-8(9)3)17-7(2)5-12(13,14)15/h6-7H,4-5H2,1-3H3,(H,16,17,18). The molecule has 1 aromatic rings. The smallest absolute Gasteiger partial charge is 0.391 e. The first-order valence-electron chi connectivity index (χ1n) is 6.07. The zero-order valence-corrected chi connectivity index (χ0v) is 11.4. The number of aryl methyl sites for hydroxylation is 1. The fourth-order valence-corrected chi connectivity index (χ4v) is 1.56. The Balaban J connectivity index is 2.75. The number of nitrogens with one attached hydrogen (secondary N) is 1. The van der Waals surface area contributed by atoms with E-state index >= 15 is 0 Å². The third-order valence-electron chi connectivity index (χ3n) is 2.39. The maximum atomic E-state index is 12.2. The highest BCUT2D eigenvalue weighted by Gasteiger charge is 2.30. The van der Waals surface area contributed by atoms with E-state index in [0.29, 0.717) is 5.69 Å². The van der Waals surface area contributed by atoms with Gasteiger partial charge in [-0.1, -0.05) is 0 Å². The Morgan fingerprint density at radius 2 is 2.15 bits per heavy atom. The molecule has 1 atom stereocenters. The van der Waals surface area contributed by atoms with Crippen molar-refractivity contribution in [3.8, 4) is 0 Å². The Bertz CT molecular complexity index is 478. The number of hydrogen-bond acceptors (Lipinski definition) is 5. The first kappa shape index (κ1) is 16.2. The van der Waals surface area contributed by atoms with Gasteiger partial charge in [-0.2, -0.15) is 13.2 Å². The van der Waals surface area contributed by atoms with E-state index in [2.05, 4.69) is 15.3 Å². The number of nitrogens with zero attached hydrogens (tertiary/aromatic N) is 2. The molecule has 1 rings (SSSR count). The zero-order chi connectivity index (χ0) is 15.3. The first-order chi connectivity index (χ1) is 9.23. The second-order valence-corrected chi connectivity index (χ2v) is 4.28. The summed E-state index contributed by atoms with van der Waals surface area (Å²) in [5.41, 5.74) is 0.543. The highest BCUT2D eigenvalue weighted by Crippen LogP contribution is 2.22. The van der Waals surface area contributed by atoms with Crippen LogP contribution in [-0.2, 0) is 4.74 Å². The first-order valence-corrected chi connectivity index (χ1v) is 6.07. The van der Waals surface area contributed by atoms with E-state index in [-0.39, 0.29) is 18.1 Å². The van der Waals surface area contributed by atoms with E-state index in [1.807, 2.05) is 0 Å². The average Bonchev–Trinajstić information content (AvgIpc) is 2.26. The van der Waals surface area contributed by atoms with Crippen LogP contribution in [0.3, 0.4) is 0 Å². The van der Waals surface area contributed by atoms with Gasteiger partial charge in [0.05, 0.1) is 24.3 Å². The van der Waals surface area contributed by atoms with Crippen LogP contribution >= 0.6 is 0 Å². The van der Waals surface area contributed by atoms with Crippen molar-refractivity contribution in [2.45, 2.75) is 39.4 Å². The van der Waals surface area contributed by atoms with Crippen molar-refractivity contribution in [2.24, 2.45) is 0 Å². The zero-order valence-electron chi connectivity index (χ0n) is 11.4. The quantitative estimate of drug-likeness (QED) is 0.845. The van der Waals surface area contributed by atoms with E-state index in [0.717, 1.165) is 0 Å². The van der Waals surface area contributed by atoms with Gasteiger partial charge >= 0.3 is 12.1 Å². The number of carbonyl (C=O) groups excluding carboxylic acids is 1. The van der Waals surface area contributed by atoms with Crippen LogP contribution in [0.15, 0.2) is 6.20 Å². The number of esters is 1. The lowest BCUT2D eigenvalue weighted by Gasteiger charge is -2.16. The molecule has 1 heterocycles. The normalized spacial score (nSPS) is 12.9. The Morgan fingerprint density at radius 1 is 1.50 bits per heavy atom. The minimum absolute atomic E-state index is 0.0484. The van der Waals surface area contributed by atoms with Crippen molar-refractivity contribution in [2.75, 3.05) is 11.9 Å². The van der Waals surface area contributed by atoms with Gasteiger partial charge in [-0.25, -0.2) is 14.8 Å². The third kappa shape index (κ3) is 5.02. The van der Waals surface area contributed by atoms with Gasteiger partial charge in [-0.3, -0.25) is 0 Å². The molecular formula is C12H16F3N3O2. The summed E-state index contributed by atoms with van der Waals surface area (Å²) >= 11 is 0. The number of alkyl halides is 3. The van der Waals surface area contributed by atoms with Crippen LogP contribution in [0.5, 0.6) is 0 Å². The summed E-state index contributed by atoms with van der Waals surface area (Å²) in [6.07, 6.45) is -4.01. The molecule has 1 N–H and O–H groups in total. The lowest BCUT2D eigenvalue weighted by molar-refractivity contribution is -0.136. The summed E-state index contributed by atoms with van der Waals surface area (Å²) in [7, 11) is 0. The van der Waals surface area contributed by atoms with Crippen LogP contribution < -0.4 is 5.32 Å². The maximum Gasteiger partial charge on any atom is 0.391 e. The highest BCUT2D eigenvalue weighted by molar-refractivity contribution is 5.90. The SMILES string of the molecule is CCOC(=O)c1cnc(NC(C)CC(F)(F)F)nc1C. The van der Waals surface area contributed by atoms with E-state index in [1.54, 1.807) is 13.8 Å². The van der Waals surface area contributed by atoms with Crippen molar-refractivity contribution in [1.82, 2.24) is 9.97 Å². The predicted molar refractivity (Wildman–Crippen MR) is 66.5 cm³/mol. The molecule has 0 saturated carbocycles. The van der Waals surface area contributed by atoms with Crippen LogP contribution in [0.1, 0.15) is 36.3 Å². The number of halogens is 3. The van der Waals surface area contributed by atoms with Crippen molar-refractivity contribution in [3.63, 3.8) is 0 Å². The van der Waals surface area contributed by atoms with Crippen LogP contribution in [0, 0.1) is 6.92 Å². The Kier molecular flexibility index (Phi) is 5.29. The van der Waals surface area contributed by atoms with Crippen molar-refractivity contribution >= 4 is 11.9 Å². The molecule has 0 aromatic carbocycles. The Hall–Kier alpha value is -1.86. The average molecular weight is 291 g/mol. The van der Waals surface area contributed by atoms with E-state index in [4.69, 9.17) is 4.74 Å². The second-order valence-electron chi connectivity index (χ2n) is 4.28. The van der Waals surface area contributed by atoms with Crippen LogP contribution in [-0.4, -0.2) is 34.8 Å². The third-order valence-corrected chi connectivity index (χ3v) is 2.39. The molecule has 0 aliphatic heterocycles. The summed E-state index contributed by atoms with van der Waals surface area (Å²) in [5, 5.41) is 2.54. The molecular weight excluding hydrogens is 275 g/mol. The van der Waals surface area contributed by atoms with Gasteiger partial charge in [-0.15, -0.1) is 0 Å². The minimum atomic E-state index is -4.26. The molecule has 112 valence electrons. The topological polar surface area (TPSA) is 64.1 Å². The molecule has 0 radical (unpaired) electrons. The molecule has 0 saturated heterocycles. The fourth-order valence-electron chi connectivity index (χ4n) is 1.56. The number of ether oxygens (including phenoxy) is 1. The highest BCUT2D eigenvalue weighted by atomic mass is 19.4. The van der Waals surface area contributed by atoms with E-state index in [1.165, 1.54) is 13.1 Å². The van der Waals surface area contributed by atoms with E-state index < -0.39 is 24.6 Å². The Morgan fingerprint density at radius 3 is 2.65 bits per heavy atom. The van der Waals surface area contributed by atoms with Crippen LogP contribution in [0.25, 0.3) is 0 Å².